The molecule has 0 saturated carbocycles. The SMILES string of the molecule is CC(=O)Nc1ccc(OC[C@H](O)C[NH+]2CC[NH+](Cc3ccc(Cl)cc3)CC2)cc1. The van der Waals surface area contributed by atoms with E-state index in [1.54, 1.807) is 29.2 Å². The molecule has 0 spiro atoms. The predicted octanol–water partition coefficient (Wildman–Crippen LogP) is 0.0217. The minimum absolute atomic E-state index is 0.104. The summed E-state index contributed by atoms with van der Waals surface area (Å²) in [7, 11) is 0. The Morgan fingerprint density at radius 3 is 2.31 bits per heavy atom. The van der Waals surface area contributed by atoms with Gasteiger partial charge in [-0.05, 0) is 36.4 Å². The second-order valence-corrected chi connectivity index (χ2v) is 8.11. The Morgan fingerprint density at radius 1 is 1.07 bits per heavy atom. The third kappa shape index (κ3) is 7.33. The summed E-state index contributed by atoms with van der Waals surface area (Å²) in [5.41, 5.74) is 2.04. The highest BCUT2D eigenvalue weighted by atomic mass is 35.5. The molecule has 1 aliphatic heterocycles. The van der Waals surface area contributed by atoms with Crippen LogP contribution in [0.4, 0.5) is 5.69 Å². The molecule has 1 saturated heterocycles. The molecule has 1 aliphatic rings. The maximum atomic E-state index is 11.0. The van der Waals surface area contributed by atoms with E-state index in [0.717, 1.165) is 43.4 Å². The van der Waals surface area contributed by atoms with Crippen LogP contribution in [-0.4, -0.2) is 56.4 Å². The van der Waals surface area contributed by atoms with Crippen LogP contribution < -0.4 is 19.9 Å². The van der Waals surface area contributed by atoms with Gasteiger partial charge in [-0.1, -0.05) is 23.7 Å². The first-order valence-electron chi connectivity index (χ1n) is 10.1. The van der Waals surface area contributed by atoms with Gasteiger partial charge in [0.1, 0.15) is 57.7 Å². The lowest BCUT2D eigenvalue weighted by molar-refractivity contribution is -1.02. The largest absolute Gasteiger partial charge is 0.491 e. The number of amides is 1. The van der Waals surface area contributed by atoms with Gasteiger partial charge in [-0.2, -0.15) is 0 Å². The smallest absolute Gasteiger partial charge is 0.221 e. The molecule has 0 aromatic heterocycles. The van der Waals surface area contributed by atoms with E-state index in [0.29, 0.717) is 12.3 Å². The van der Waals surface area contributed by atoms with E-state index < -0.39 is 6.10 Å². The summed E-state index contributed by atoms with van der Waals surface area (Å²) in [6.07, 6.45) is -0.502. The first kappa shape index (κ1) is 21.6. The number of piperazine rings is 1. The van der Waals surface area contributed by atoms with Gasteiger partial charge in [0.25, 0.3) is 0 Å². The third-order valence-corrected chi connectivity index (χ3v) is 5.42. The van der Waals surface area contributed by atoms with Crippen molar-refractivity contribution >= 4 is 23.2 Å². The molecular formula is C22H30ClN3O3+2. The summed E-state index contributed by atoms with van der Waals surface area (Å²) in [6, 6.07) is 15.3. The Kier molecular flexibility index (Phi) is 7.89. The molecule has 1 heterocycles. The Balaban J connectivity index is 1.35. The van der Waals surface area contributed by atoms with Gasteiger partial charge < -0.3 is 25.0 Å². The van der Waals surface area contributed by atoms with E-state index in [1.165, 1.54) is 17.4 Å². The second-order valence-electron chi connectivity index (χ2n) is 7.68. The fourth-order valence-corrected chi connectivity index (χ4v) is 3.78. The highest BCUT2D eigenvalue weighted by molar-refractivity contribution is 6.30. The Hall–Kier alpha value is -2.12. The number of nitrogens with one attached hydrogen (secondary N) is 3. The van der Waals surface area contributed by atoms with Gasteiger partial charge >= 0.3 is 0 Å². The maximum Gasteiger partial charge on any atom is 0.221 e. The molecular weight excluding hydrogens is 390 g/mol. The van der Waals surface area contributed by atoms with E-state index in [9.17, 15) is 9.90 Å². The number of hydrogen-bond acceptors (Lipinski definition) is 3. The highest BCUT2D eigenvalue weighted by Gasteiger charge is 2.25. The minimum atomic E-state index is -0.502. The summed E-state index contributed by atoms with van der Waals surface area (Å²) in [5, 5.41) is 13.8. The van der Waals surface area contributed by atoms with Gasteiger partial charge in [0.05, 0.1) is 0 Å². The van der Waals surface area contributed by atoms with Crippen molar-refractivity contribution in [1.29, 1.82) is 0 Å². The Morgan fingerprint density at radius 2 is 1.69 bits per heavy atom. The van der Waals surface area contributed by atoms with Gasteiger partial charge in [-0.25, -0.2) is 0 Å². The van der Waals surface area contributed by atoms with E-state index in [-0.39, 0.29) is 12.5 Å². The molecule has 0 radical (unpaired) electrons. The molecule has 7 heteroatoms. The first-order chi connectivity index (χ1) is 14.0. The molecule has 2 aromatic rings. The van der Waals surface area contributed by atoms with Gasteiger partial charge in [0, 0.05) is 23.2 Å². The van der Waals surface area contributed by atoms with Crippen LogP contribution in [0.25, 0.3) is 0 Å². The number of halogens is 1. The molecule has 1 fully saturated rings. The van der Waals surface area contributed by atoms with Crippen molar-refractivity contribution in [3.63, 3.8) is 0 Å². The number of carbonyl (C=O) groups is 1. The predicted molar refractivity (Wildman–Crippen MR) is 114 cm³/mol. The van der Waals surface area contributed by atoms with Crippen LogP contribution in [0.5, 0.6) is 5.75 Å². The molecule has 0 bridgehead atoms. The number of ether oxygens (including phenoxy) is 1. The average Bonchev–Trinajstić information content (AvgIpc) is 2.70. The standard InChI is InChI=1S/C22H28ClN3O3/c1-17(27)24-20-6-8-22(9-7-20)29-16-21(28)15-26-12-10-25(11-13-26)14-18-2-4-19(23)5-3-18/h2-9,21,28H,10-16H2,1H3,(H,24,27)/p+2/t21-/m1/s1. The fraction of sp³-hybridized carbons (Fsp3) is 0.409. The second kappa shape index (κ2) is 10.6. The number of quaternary nitrogens is 2. The van der Waals surface area contributed by atoms with Crippen LogP contribution in [0.1, 0.15) is 12.5 Å². The molecule has 1 amide bonds. The zero-order chi connectivity index (χ0) is 20.6. The topological polar surface area (TPSA) is 67.4 Å². The van der Waals surface area contributed by atoms with Crippen molar-refractivity contribution in [3.05, 3.63) is 59.1 Å². The van der Waals surface area contributed by atoms with Gasteiger partial charge in [-0.15, -0.1) is 0 Å². The van der Waals surface area contributed by atoms with Crippen LogP contribution in [0.3, 0.4) is 0 Å². The molecule has 1 atom stereocenters. The number of aliphatic hydroxyl groups excluding tert-OH is 1. The summed E-state index contributed by atoms with van der Waals surface area (Å²) in [4.78, 5) is 14.0. The first-order valence-corrected chi connectivity index (χ1v) is 10.5. The summed E-state index contributed by atoms with van der Waals surface area (Å²) in [5.74, 6) is 0.581. The van der Waals surface area contributed by atoms with Crippen LogP contribution in [0, 0.1) is 0 Å². The maximum absolute atomic E-state index is 11.0. The lowest BCUT2D eigenvalue weighted by Gasteiger charge is -2.30. The molecule has 6 nitrogen and oxygen atoms in total. The summed E-state index contributed by atoms with van der Waals surface area (Å²) < 4.78 is 5.69. The third-order valence-electron chi connectivity index (χ3n) is 5.17. The van der Waals surface area contributed by atoms with Crippen molar-refractivity contribution in [2.75, 3.05) is 44.6 Å². The van der Waals surface area contributed by atoms with Crippen molar-refractivity contribution in [2.45, 2.75) is 19.6 Å². The van der Waals surface area contributed by atoms with E-state index in [2.05, 4.69) is 17.4 Å². The lowest BCUT2D eigenvalue weighted by atomic mass is 10.2. The summed E-state index contributed by atoms with van der Waals surface area (Å²) in [6.45, 7) is 7.73. The molecule has 0 aliphatic carbocycles. The number of carbonyl (C=O) groups excluding carboxylic acids is 1. The number of anilines is 1. The summed E-state index contributed by atoms with van der Waals surface area (Å²) >= 11 is 5.95. The monoisotopic (exact) mass is 419 g/mol. The molecule has 156 valence electrons. The normalized spacial score (nSPS) is 20.1. The molecule has 3 rings (SSSR count). The average molecular weight is 420 g/mol. The molecule has 4 N–H and O–H groups in total. The Bertz CT molecular complexity index is 775. The lowest BCUT2D eigenvalue weighted by Crippen LogP contribution is -3.28. The molecule has 2 aromatic carbocycles. The van der Waals surface area contributed by atoms with Gasteiger partial charge in [-0.3, -0.25) is 4.79 Å². The van der Waals surface area contributed by atoms with Crippen molar-refractivity contribution in [1.82, 2.24) is 0 Å². The zero-order valence-electron chi connectivity index (χ0n) is 16.8. The van der Waals surface area contributed by atoms with Crippen molar-refractivity contribution in [2.24, 2.45) is 0 Å². The van der Waals surface area contributed by atoms with E-state index in [1.807, 2.05) is 12.1 Å². The number of hydrogen-bond donors (Lipinski definition) is 4. The van der Waals surface area contributed by atoms with Crippen molar-refractivity contribution < 1.29 is 24.4 Å². The number of aliphatic hydroxyl groups is 1. The molecule has 0 unspecified atom stereocenters. The van der Waals surface area contributed by atoms with E-state index >= 15 is 0 Å². The molecule has 29 heavy (non-hydrogen) atoms. The van der Waals surface area contributed by atoms with Crippen LogP contribution in [-0.2, 0) is 11.3 Å². The van der Waals surface area contributed by atoms with Crippen LogP contribution >= 0.6 is 11.6 Å². The number of rotatable bonds is 8. The highest BCUT2D eigenvalue weighted by Crippen LogP contribution is 2.15. The van der Waals surface area contributed by atoms with Crippen LogP contribution in [0.15, 0.2) is 48.5 Å². The quantitative estimate of drug-likeness (QED) is 0.488. The number of benzene rings is 2. The van der Waals surface area contributed by atoms with Gasteiger partial charge in [0.15, 0.2) is 0 Å². The van der Waals surface area contributed by atoms with Crippen LogP contribution in [0.2, 0.25) is 5.02 Å². The fourth-order valence-electron chi connectivity index (χ4n) is 3.65. The van der Waals surface area contributed by atoms with Crippen molar-refractivity contribution in [3.8, 4) is 5.75 Å². The Labute approximate surface area is 177 Å². The van der Waals surface area contributed by atoms with Gasteiger partial charge in [0.2, 0.25) is 5.91 Å². The van der Waals surface area contributed by atoms with E-state index in [4.69, 9.17) is 16.3 Å². The minimum Gasteiger partial charge on any atom is -0.491 e. The zero-order valence-corrected chi connectivity index (χ0v) is 17.5.